The summed E-state index contributed by atoms with van der Waals surface area (Å²) in [4.78, 5) is 23.9. The second-order valence-electron chi connectivity index (χ2n) is 5.36. The van der Waals surface area contributed by atoms with Crippen LogP contribution in [0.2, 0.25) is 0 Å². The molecule has 2 rings (SSSR count). The molecule has 25 heavy (non-hydrogen) atoms. The van der Waals surface area contributed by atoms with Gasteiger partial charge in [0.1, 0.15) is 5.75 Å². The highest BCUT2D eigenvalue weighted by Gasteiger charge is 2.10. The lowest BCUT2D eigenvalue weighted by molar-refractivity contribution is -0.122. The predicted octanol–water partition coefficient (Wildman–Crippen LogP) is 2.78. The SMILES string of the molecule is COc1ccc(C)cc1NC(=O)CNC(=O)CNc1ccccc1I. The maximum absolute atomic E-state index is 12.0. The van der Waals surface area contributed by atoms with Gasteiger partial charge in [0.25, 0.3) is 0 Å². The Morgan fingerprint density at radius 1 is 1.04 bits per heavy atom. The number of hydrogen-bond acceptors (Lipinski definition) is 4. The number of carbonyl (C=O) groups excluding carboxylic acids is 2. The Morgan fingerprint density at radius 2 is 1.80 bits per heavy atom. The number of rotatable bonds is 7. The van der Waals surface area contributed by atoms with E-state index in [-0.39, 0.29) is 24.9 Å². The summed E-state index contributed by atoms with van der Waals surface area (Å²) in [5, 5.41) is 8.37. The van der Waals surface area contributed by atoms with Crippen molar-refractivity contribution in [3.8, 4) is 5.75 Å². The molecule has 0 heterocycles. The number of ether oxygens (including phenoxy) is 1. The molecule has 0 fully saturated rings. The zero-order valence-electron chi connectivity index (χ0n) is 14.1. The second kappa shape index (κ2) is 9.26. The average Bonchev–Trinajstić information content (AvgIpc) is 2.59. The minimum Gasteiger partial charge on any atom is -0.495 e. The van der Waals surface area contributed by atoms with Crippen LogP contribution in [0.15, 0.2) is 42.5 Å². The van der Waals surface area contributed by atoms with Gasteiger partial charge in [0.15, 0.2) is 0 Å². The molecule has 0 aliphatic carbocycles. The van der Waals surface area contributed by atoms with E-state index in [1.807, 2.05) is 43.3 Å². The monoisotopic (exact) mass is 453 g/mol. The van der Waals surface area contributed by atoms with Crippen molar-refractivity contribution in [2.24, 2.45) is 0 Å². The maximum Gasteiger partial charge on any atom is 0.243 e. The maximum atomic E-state index is 12.0. The van der Waals surface area contributed by atoms with Crippen LogP contribution in [-0.2, 0) is 9.59 Å². The Hall–Kier alpha value is -2.29. The number of anilines is 2. The standard InChI is InChI=1S/C18H20IN3O3/c1-12-7-8-16(25-2)15(9-12)22-18(24)11-21-17(23)10-20-14-6-4-3-5-13(14)19/h3-9,20H,10-11H2,1-2H3,(H,21,23)(H,22,24). The predicted molar refractivity (Wildman–Crippen MR) is 107 cm³/mol. The van der Waals surface area contributed by atoms with E-state index < -0.39 is 0 Å². The van der Waals surface area contributed by atoms with Crippen LogP contribution in [0.4, 0.5) is 11.4 Å². The summed E-state index contributed by atoms with van der Waals surface area (Å²) in [5.41, 5.74) is 2.47. The van der Waals surface area contributed by atoms with Gasteiger partial charge in [-0.2, -0.15) is 0 Å². The first kappa shape index (κ1) is 19.0. The number of benzene rings is 2. The van der Waals surface area contributed by atoms with Crippen LogP contribution >= 0.6 is 22.6 Å². The summed E-state index contributed by atoms with van der Waals surface area (Å²) >= 11 is 2.19. The number of amides is 2. The van der Waals surface area contributed by atoms with Gasteiger partial charge in [0.05, 0.1) is 25.9 Å². The lowest BCUT2D eigenvalue weighted by atomic mass is 10.2. The van der Waals surface area contributed by atoms with Gasteiger partial charge in [-0.3, -0.25) is 9.59 Å². The summed E-state index contributed by atoms with van der Waals surface area (Å²) in [7, 11) is 1.54. The molecule has 0 aliphatic heterocycles. The van der Waals surface area contributed by atoms with E-state index in [0.29, 0.717) is 11.4 Å². The quantitative estimate of drug-likeness (QED) is 0.564. The van der Waals surface area contributed by atoms with E-state index >= 15 is 0 Å². The van der Waals surface area contributed by atoms with E-state index in [9.17, 15) is 9.59 Å². The van der Waals surface area contributed by atoms with Crippen LogP contribution in [0.3, 0.4) is 0 Å². The molecule has 0 atom stereocenters. The normalized spacial score (nSPS) is 10.0. The minimum atomic E-state index is -0.313. The summed E-state index contributed by atoms with van der Waals surface area (Å²) in [6, 6.07) is 13.2. The second-order valence-corrected chi connectivity index (χ2v) is 6.52. The van der Waals surface area contributed by atoms with Crippen molar-refractivity contribution in [1.29, 1.82) is 0 Å². The van der Waals surface area contributed by atoms with Gasteiger partial charge in [0.2, 0.25) is 11.8 Å². The van der Waals surface area contributed by atoms with E-state index in [4.69, 9.17) is 4.74 Å². The molecular weight excluding hydrogens is 433 g/mol. The number of hydrogen-bond donors (Lipinski definition) is 3. The minimum absolute atomic E-state index is 0.0983. The summed E-state index contributed by atoms with van der Waals surface area (Å²) < 4.78 is 6.24. The van der Waals surface area contributed by atoms with Crippen LogP contribution in [-0.4, -0.2) is 32.0 Å². The Bertz CT molecular complexity index is 765. The number of para-hydroxylation sites is 1. The van der Waals surface area contributed by atoms with Crippen LogP contribution in [0, 0.1) is 10.5 Å². The van der Waals surface area contributed by atoms with Crippen molar-refractivity contribution in [2.45, 2.75) is 6.92 Å². The van der Waals surface area contributed by atoms with Crippen molar-refractivity contribution in [3.63, 3.8) is 0 Å². The van der Waals surface area contributed by atoms with Gasteiger partial charge in [-0.05, 0) is 59.3 Å². The van der Waals surface area contributed by atoms with Crippen LogP contribution < -0.4 is 20.7 Å². The highest BCUT2D eigenvalue weighted by atomic mass is 127. The first-order valence-corrected chi connectivity index (χ1v) is 8.77. The van der Waals surface area contributed by atoms with E-state index in [1.165, 1.54) is 0 Å². The Balaban J connectivity index is 1.81. The molecule has 0 unspecified atom stereocenters. The van der Waals surface area contributed by atoms with Crippen molar-refractivity contribution >= 4 is 45.8 Å². The van der Waals surface area contributed by atoms with E-state index in [2.05, 4.69) is 38.5 Å². The van der Waals surface area contributed by atoms with Crippen LogP contribution in [0.1, 0.15) is 5.56 Å². The van der Waals surface area contributed by atoms with Gasteiger partial charge >= 0.3 is 0 Å². The average molecular weight is 453 g/mol. The van der Waals surface area contributed by atoms with Crippen LogP contribution in [0.25, 0.3) is 0 Å². The fourth-order valence-electron chi connectivity index (χ4n) is 2.14. The molecule has 6 nitrogen and oxygen atoms in total. The fourth-order valence-corrected chi connectivity index (χ4v) is 2.71. The number of nitrogens with one attached hydrogen (secondary N) is 3. The molecule has 0 radical (unpaired) electrons. The van der Waals surface area contributed by atoms with Gasteiger partial charge in [0, 0.05) is 9.26 Å². The van der Waals surface area contributed by atoms with Gasteiger partial charge in [-0.25, -0.2) is 0 Å². The third-order valence-corrected chi connectivity index (χ3v) is 4.33. The summed E-state index contributed by atoms with van der Waals surface area (Å²) in [5.74, 6) is 0.00291. The Morgan fingerprint density at radius 3 is 2.52 bits per heavy atom. The fraction of sp³-hybridized carbons (Fsp3) is 0.222. The van der Waals surface area contributed by atoms with Crippen molar-refractivity contribution in [3.05, 3.63) is 51.6 Å². The van der Waals surface area contributed by atoms with Crippen molar-refractivity contribution < 1.29 is 14.3 Å². The smallest absolute Gasteiger partial charge is 0.243 e. The molecule has 0 aromatic heterocycles. The summed E-state index contributed by atoms with van der Waals surface area (Å²) in [6.07, 6.45) is 0. The van der Waals surface area contributed by atoms with Gasteiger partial charge < -0.3 is 20.7 Å². The Labute approximate surface area is 160 Å². The Kier molecular flexibility index (Phi) is 7.05. The molecule has 2 aromatic rings. The highest BCUT2D eigenvalue weighted by molar-refractivity contribution is 14.1. The van der Waals surface area contributed by atoms with Gasteiger partial charge in [-0.1, -0.05) is 18.2 Å². The van der Waals surface area contributed by atoms with Crippen molar-refractivity contribution in [1.82, 2.24) is 5.32 Å². The molecule has 2 amide bonds. The van der Waals surface area contributed by atoms with Gasteiger partial charge in [-0.15, -0.1) is 0 Å². The van der Waals surface area contributed by atoms with Crippen LogP contribution in [0.5, 0.6) is 5.75 Å². The molecule has 3 N–H and O–H groups in total. The molecule has 7 heteroatoms. The molecule has 0 aliphatic rings. The lowest BCUT2D eigenvalue weighted by Gasteiger charge is -2.12. The molecule has 0 saturated heterocycles. The number of methoxy groups -OCH3 is 1. The number of halogens is 1. The third kappa shape index (κ3) is 5.93. The van der Waals surface area contributed by atoms with E-state index in [0.717, 1.165) is 14.8 Å². The molecule has 0 bridgehead atoms. The first-order valence-electron chi connectivity index (χ1n) is 7.69. The molecule has 0 saturated carbocycles. The first-order chi connectivity index (χ1) is 12.0. The highest BCUT2D eigenvalue weighted by Crippen LogP contribution is 2.24. The molecule has 0 spiro atoms. The number of aryl methyl sites for hydroxylation is 1. The van der Waals surface area contributed by atoms with E-state index in [1.54, 1.807) is 13.2 Å². The summed E-state index contributed by atoms with van der Waals surface area (Å²) in [6.45, 7) is 1.91. The third-order valence-electron chi connectivity index (χ3n) is 3.39. The zero-order valence-corrected chi connectivity index (χ0v) is 16.2. The molecule has 2 aromatic carbocycles. The topological polar surface area (TPSA) is 79.5 Å². The molecule has 132 valence electrons. The van der Waals surface area contributed by atoms with Crippen molar-refractivity contribution in [2.75, 3.05) is 30.8 Å². The lowest BCUT2D eigenvalue weighted by Crippen LogP contribution is -2.36. The largest absolute Gasteiger partial charge is 0.495 e. The number of carbonyl (C=O) groups is 2. The molecular formula is C18H20IN3O3. The zero-order chi connectivity index (χ0) is 18.2.